The van der Waals surface area contributed by atoms with Gasteiger partial charge in [0.15, 0.2) is 0 Å². The van der Waals surface area contributed by atoms with Crippen LogP contribution in [-0.2, 0) is 0 Å². The molecule has 0 saturated heterocycles. The van der Waals surface area contributed by atoms with Crippen LogP contribution in [0.2, 0.25) is 0 Å². The highest BCUT2D eigenvalue weighted by Crippen LogP contribution is 2.25. The van der Waals surface area contributed by atoms with Crippen LogP contribution in [0.1, 0.15) is 0 Å². The summed E-state index contributed by atoms with van der Waals surface area (Å²) in [6.07, 6.45) is 1.74. The predicted octanol–water partition coefficient (Wildman–Crippen LogP) is 4.07. The number of rotatable bonds is 5. The third-order valence-electron chi connectivity index (χ3n) is 2.69. The van der Waals surface area contributed by atoms with E-state index in [1.807, 2.05) is 54.6 Å². The Morgan fingerprint density at radius 2 is 1.48 bits per heavy atom. The molecule has 0 aliphatic carbocycles. The third-order valence-corrected chi connectivity index (χ3v) is 3.63. The van der Waals surface area contributed by atoms with Crippen LogP contribution >= 0.6 is 11.8 Å². The number of benzene rings is 2. The van der Waals surface area contributed by atoms with Crippen molar-refractivity contribution in [1.29, 1.82) is 0 Å². The van der Waals surface area contributed by atoms with Gasteiger partial charge in [0.2, 0.25) is 5.95 Å². The molecule has 2 N–H and O–H groups in total. The van der Waals surface area contributed by atoms with Gasteiger partial charge in [-0.05, 0) is 30.3 Å². The van der Waals surface area contributed by atoms with Crippen molar-refractivity contribution in [3.8, 4) is 0 Å². The fraction of sp³-hybridized carbons (Fsp3) is 0. The minimum Gasteiger partial charge on any atom is -0.298 e. The Balaban J connectivity index is 1.66. The van der Waals surface area contributed by atoms with Crippen LogP contribution in [0.3, 0.4) is 0 Å². The predicted molar refractivity (Wildman–Crippen MR) is 86.3 cm³/mol. The van der Waals surface area contributed by atoms with Gasteiger partial charge in [-0.3, -0.25) is 10.9 Å². The van der Waals surface area contributed by atoms with E-state index in [1.165, 1.54) is 0 Å². The Hall–Kier alpha value is -2.53. The summed E-state index contributed by atoms with van der Waals surface area (Å²) in [6.45, 7) is 0. The number of hydrogen-bond acceptors (Lipinski definition) is 5. The maximum absolute atomic E-state index is 4.46. The van der Waals surface area contributed by atoms with Crippen LogP contribution < -0.4 is 10.9 Å². The summed E-state index contributed by atoms with van der Waals surface area (Å²) in [5, 5.41) is 0.897. The number of aromatic nitrogens is 2. The Bertz CT molecular complexity index is 689. The first-order chi connectivity index (χ1) is 10.4. The van der Waals surface area contributed by atoms with Crippen molar-refractivity contribution >= 4 is 23.4 Å². The van der Waals surface area contributed by atoms with Crippen LogP contribution in [0.4, 0.5) is 11.6 Å². The normalized spacial score (nSPS) is 10.1. The van der Waals surface area contributed by atoms with Crippen molar-refractivity contribution in [3.63, 3.8) is 0 Å². The molecule has 0 aliphatic rings. The number of hydrazine groups is 1. The van der Waals surface area contributed by atoms with Gasteiger partial charge in [-0.25, -0.2) is 9.97 Å². The molecule has 4 nitrogen and oxygen atoms in total. The highest BCUT2D eigenvalue weighted by atomic mass is 32.2. The zero-order chi connectivity index (χ0) is 14.3. The van der Waals surface area contributed by atoms with Gasteiger partial charge in [-0.1, -0.05) is 48.2 Å². The Morgan fingerprint density at radius 3 is 2.24 bits per heavy atom. The summed E-state index contributed by atoms with van der Waals surface area (Å²) in [5.74, 6) is 0.541. The molecule has 0 aliphatic heterocycles. The summed E-state index contributed by atoms with van der Waals surface area (Å²) in [7, 11) is 0. The van der Waals surface area contributed by atoms with Crippen molar-refractivity contribution in [2.75, 3.05) is 10.9 Å². The second-order valence-electron chi connectivity index (χ2n) is 4.25. The highest BCUT2D eigenvalue weighted by molar-refractivity contribution is 7.99. The number of nitrogens with zero attached hydrogens (tertiary/aromatic N) is 2. The van der Waals surface area contributed by atoms with Gasteiger partial charge < -0.3 is 0 Å². The van der Waals surface area contributed by atoms with E-state index in [0.29, 0.717) is 5.95 Å². The van der Waals surface area contributed by atoms with Gasteiger partial charge in [0.05, 0.1) is 5.69 Å². The minimum atomic E-state index is 0.541. The second kappa shape index (κ2) is 6.76. The molecule has 5 heteroatoms. The molecule has 0 amide bonds. The lowest BCUT2D eigenvalue weighted by Gasteiger charge is -2.08. The first-order valence-corrected chi connectivity index (χ1v) is 7.35. The molecule has 0 fully saturated rings. The smallest absolute Gasteiger partial charge is 0.242 e. The average molecular weight is 294 g/mol. The molecular weight excluding hydrogens is 280 g/mol. The summed E-state index contributed by atoms with van der Waals surface area (Å²) in [6, 6.07) is 21.9. The fourth-order valence-corrected chi connectivity index (χ4v) is 2.51. The van der Waals surface area contributed by atoms with Crippen molar-refractivity contribution in [3.05, 3.63) is 72.9 Å². The van der Waals surface area contributed by atoms with Gasteiger partial charge in [-0.2, -0.15) is 0 Å². The van der Waals surface area contributed by atoms with Gasteiger partial charge in [0.1, 0.15) is 5.03 Å². The summed E-state index contributed by atoms with van der Waals surface area (Å²) < 4.78 is 0. The zero-order valence-corrected chi connectivity index (χ0v) is 12.0. The quantitative estimate of drug-likeness (QED) is 0.549. The minimum absolute atomic E-state index is 0.541. The van der Waals surface area contributed by atoms with Crippen LogP contribution in [0.5, 0.6) is 0 Å². The zero-order valence-electron chi connectivity index (χ0n) is 11.2. The molecule has 0 bridgehead atoms. The second-order valence-corrected chi connectivity index (χ2v) is 5.34. The lowest BCUT2D eigenvalue weighted by molar-refractivity contribution is 1.04. The number of hydrogen-bond donors (Lipinski definition) is 2. The van der Waals surface area contributed by atoms with Crippen molar-refractivity contribution < 1.29 is 0 Å². The first-order valence-electron chi connectivity index (χ1n) is 6.53. The first kappa shape index (κ1) is 13.5. The van der Waals surface area contributed by atoms with E-state index in [1.54, 1.807) is 18.0 Å². The van der Waals surface area contributed by atoms with E-state index < -0.39 is 0 Å². The van der Waals surface area contributed by atoms with Crippen LogP contribution in [-0.4, -0.2) is 9.97 Å². The van der Waals surface area contributed by atoms with E-state index in [0.717, 1.165) is 15.6 Å². The molecule has 0 saturated carbocycles. The molecular formula is C16H14N4S. The molecule has 1 heterocycles. The summed E-state index contributed by atoms with van der Waals surface area (Å²) in [4.78, 5) is 9.81. The summed E-state index contributed by atoms with van der Waals surface area (Å²) in [5.41, 5.74) is 7.03. The molecule has 0 radical (unpaired) electrons. The van der Waals surface area contributed by atoms with Crippen LogP contribution in [0.15, 0.2) is 82.8 Å². The average Bonchev–Trinajstić information content (AvgIpc) is 2.55. The number of anilines is 2. The monoisotopic (exact) mass is 294 g/mol. The van der Waals surface area contributed by atoms with Crippen molar-refractivity contribution in [1.82, 2.24) is 9.97 Å². The Labute approximate surface area is 127 Å². The van der Waals surface area contributed by atoms with E-state index in [9.17, 15) is 0 Å². The SMILES string of the molecule is c1ccc(NNc2nccc(Sc3ccccc3)n2)cc1. The largest absolute Gasteiger partial charge is 0.298 e. The molecule has 3 rings (SSSR count). The van der Waals surface area contributed by atoms with E-state index in [2.05, 4.69) is 33.0 Å². The number of para-hydroxylation sites is 1. The molecule has 1 aromatic heterocycles. The van der Waals surface area contributed by atoms with E-state index >= 15 is 0 Å². The topological polar surface area (TPSA) is 49.8 Å². The van der Waals surface area contributed by atoms with Gasteiger partial charge in [0, 0.05) is 11.1 Å². The molecule has 0 unspecified atom stereocenters. The fourth-order valence-electron chi connectivity index (χ4n) is 1.72. The summed E-state index contributed by atoms with van der Waals surface area (Å²) >= 11 is 1.60. The molecule has 3 aromatic rings. The van der Waals surface area contributed by atoms with E-state index in [4.69, 9.17) is 0 Å². The van der Waals surface area contributed by atoms with Gasteiger partial charge >= 0.3 is 0 Å². The molecule has 2 aromatic carbocycles. The standard InChI is InChI=1S/C16H14N4S/c1-3-7-13(8-4-1)19-20-16-17-12-11-15(18-16)21-14-9-5-2-6-10-14/h1-12,19H,(H,17,18,20). The molecule has 21 heavy (non-hydrogen) atoms. The molecule has 104 valence electrons. The van der Waals surface area contributed by atoms with Crippen molar-refractivity contribution in [2.45, 2.75) is 9.92 Å². The molecule has 0 spiro atoms. The maximum atomic E-state index is 4.46. The van der Waals surface area contributed by atoms with Gasteiger partial charge in [0.25, 0.3) is 0 Å². The van der Waals surface area contributed by atoms with Crippen LogP contribution in [0, 0.1) is 0 Å². The lowest BCUT2D eigenvalue weighted by atomic mass is 10.3. The van der Waals surface area contributed by atoms with Crippen molar-refractivity contribution in [2.24, 2.45) is 0 Å². The lowest BCUT2D eigenvalue weighted by Crippen LogP contribution is -2.11. The number of nitrogens with one attached hydrogen (secondary N) is 2. The van der Waals surface area contributed by atoms with Gasteiger partial charge in [-0.15, -0.1) is 0 Å². The Kier molecular flexibility index (Phi) is 4.33. The van der Waals surface area contributed by atoms with E-state index in [-0.39, 0.29) is 0 Å². The highest BCUT2D eigenvalue weighted by Gasteiger charge is 2.01. The maximum Gasteiger partial charge on any atom is 0.242 e. The third kappa shape index (κ3) is 3.97. The molecule has 0 atom stereocenters. The van der Waals surface area contributed by atoms with Crippen LogP contribution in [0.25, 0.3) is 0 Å². The Morgan fingerprint density at radius 1 is 0.762 bits per heavy atom.